The molecule has 0 saturated heterocycles. The van der Waals surface area contributed by atoms with Gasteiger partial charge in [-0.05, 0) is 36.9 Å². The zero-order chi connectivity index (χ0) is 13.9. The summed E-state index contributed by atoms with van der Waals surface area (Å²) in [6, 6.07) is 8.70. The first-order valence-corrected chi connectivity index (χ1v) is 7.29. The maximum Gasteiger partial charge on any atom is 0.0604 e. The number of para-hydroxylation sites is 2. The number of hydrogen-bond donors (Lipinski definition) is 1. The van der Waals surface area contributed by atoms with Crippen molar-refractivity contribution in [2.75, 3.05) is 43.0 Å². The van der Waals surface area contributed by atoms with Crippen LogP contribution < -0.4 is 15.5 Å². The van der Waals surface area contributed by atoms with Gasteiger partial charge in [0.2, 0.25) is 0 Å². The average molecular weight is 261 g/mol. The molecule has 1 aromatic rings. The van der Waals surface area contributed by atoms with Gasteiger partial charge in [0, 0.05) is 26.7 Å². The first-order valence-electron chi connectivity index (χ1n) is 7.29. The van der Waals surface area contributed by atoms with Crippen LogP contribution in [0.2, 0.25) is 0 Å². The van der Waals surface area contributed by atoms with Gasteiger partial charge in [-0.25, -0.2) is 0 Å². The van der Waals surface area contributed by atoms with E-state index in [1.165, 1.54) is 24.2 Å². The minimum Gasteiger partial charge on any atom is -0.371 e. The molecule has 3 heteroatoms. The van der Waals surface area contributed by atoms with Crippen LogP contribution in [0.1, 0.15) is 26.7 Å². The van der Waals surface area contributed by atoms with Crippen LogP contribution in [0.15, 0.2) is 24.3 Å². The van der Waals surface area contributed by atoms with Crippen LogP contribution in [-0.4, -0.2) is 33.2 Å². The van der Waals surface area contributed by atoms with Gasteiger partial charge in [-0.1, -0.05) is 26.0 Å². The average Bonchev–Trinajstić information content (AvgIpc) is 2.42. The van der Waals surface area contributed by atoms with Gasteiger partial charge in [-0.3, -0.25) is 0 Å². The Kier molecular flexibility index (Phi) is 4.35. The predicted octanol–water partition coefficient (Wildman–Crippen LogP) is 2.71. The lowest BCUT2D eigenvalue weighted by molar-refractivity contribution is 0.337. The molecule has 1 aliphatic heterocycles. The molecule has 0 aromatic heterocycles. The highest BCUT2D eigenvalue weighted by Crippen LogP contribution is 2.32. The van der Waals surface area contributed by atoms with E-state index < -0.39 is 0 Å². The van der Waals surface area contributed by atoms with Gasteiger partial charge in [0.15, 0.2) is 0 Å². The Hall–Kier alpha value is -1.22. The summed E-state index contributed by atoms with van der Waals surface area (Å²) in [6.07, 6.45) is 2.40. The Morgan fingerprint density at radius 3 is 2.53 bits per heavy atom. The Morgan fingerprint density at radius 2 is 1.84 bits per heavy atom. The van der Waals surface area contributed by atoms with Crippen LogP contribution in [-0.2, 0) is 0 Å². The van der Waals surface area contributed by atoms with E-state index in [4.69, 9.17) is 5.73 Å². The molecular formula is C16H27N3. The monoisotopic (exact) mass is 261 g/mol. The molecule has 0 aliphatic carbocycles. The summed E-state index contributed by atoms with van der Waals surface area (Å²) in [7, 11) is 2.17. The largest absolute Gasteiger partial charge is 0.371 e. The van der Waals surface area contributed by atoms with Gasteiger partial charge in [0.05, 0.1) is 11.4 Å². The third kappa shape index (κ3) is 3.41. The number of likely N-dealkylation sites (N-methyl/N-ethyl adjacent to an activating group) is 1. The second-order valence-corrected chi connectivity index (χ2v) is 6.37. The van der Waals surface area contributed by atoms with Gasteiger partial charge in [-0.2, -0.15) is 0 Å². The zero-order valence-corrected chi connectivity index (χ0v) is 12.5. The topological polar surface area (TPSA) is 32.5 Å². The molecule has 2 rings (SSSR count). The van der Waals surface area contributed by atoms with Crippen LogP contribution in [0.25, 0.3) is 0 Å². The number of benzene rings is 1. The highest BCUT2D eigenvalue weighted by molar-refractivity contribution is 5.72. The molecule has 0 bridgehead atoms. The Labute approximate surface area is 117 Å². The molecule has 1 aromatic carbocycles. The summed E-state index contributed by atoms with van der Waals surface area (Å²) in [5.74, 6) is 0. The van der Waals surface area contributed by atoms with Crippen LogP contribution >= 0.6 is 0 Å². The minimum absolute atomic E-state index is 0.270. The second kappa shape index (κ2) is 5.83. The summed E-state index contributed by atoms with van der Waals surface area (Å²) in [6.45, 7) is 8.64. The normalized spacial score (nSPS) is 15.6. The van der Waals surface area contributed by atoms with E-state index in [0.29, 0.717) is 0 Å². The molecule has 0 atom stereocenters. The number of fused-ring (bicyclic) bond motifs is 1. The number of nitrogens with two attached hydrogens (primary N) is 1. The van der Waals surface area contributed by atoms with E-state index >= 15 is 0 Å². The van der Waals surface area contributed by atoms with Gasteiger partial charge < -0.3 is 15.5 Å². The van der Waals surface area contributed by atoms with Gasteiger partial charge in [0.25, 0.3) is 0 Å². The Morgan fingerprint density at radius 1 is 1.16 bits per heavy atom. The fourth-order valence-corrected chi connectivity index (χ4v) is 2.65. The molecule has 0 fully saturated rings. The van der Waals surface area contributed by atoms with E-state index in [-0.39, 0.29) is 5.41 Å². The van der Waals surface area contributed by atoms with Gasteiger partial charge >= 0.3 is 0 Å². The molecule has 19 heavy (non-hydrogen) atoms. The van der Waals surface area contributed by atoms with Gasteiger partial charge in [-0.15, -0.1) is 0 Å². The summed E-state index contributed by atoms with van der Waals surface area (Å²) in [5, 5.41) is 0. The van der Waals surface area contributed by atoms with Crippen LogP contribution in [0.5, 0.6) is 0 Å². The van der Waals surface area contributed by atoms with Crippen molar-refractivity contribution in [1.82, 2.24) is 0 Å². The smallest absolute Gasteiger partial charge is 0.0604 e. The molecule has 0 saturated carbocycles. The number of rotatable bonds is 5. The van der Waals surface area contributed by atoms with Crippen molar-refractivity contribution in [2.24, 2.45) is 11.1 Å². The molecule has 3 nitrogen and oxygen atoms in total. The SMILES string of the molecule is CN1CCN(CCCC(C)(C)CN)c2ccccc21. The van der Waals surface area contributed by atoms with E-state index in [0.717, 1.165) is 26.2 Å². The maximum absolute atomic E-state index is 5.80. The molecule has 1 heterocycles. The highest BCUT2D eigenvalue weighted by atomic mass is 15.2. The summed E-state index contributed by atoms with van der Waals surface area (Å²) in [5.41, 5.74) is 8.80. The van der Waals surface area contributed by atoms with Crippen molar-refractivity contribution in [1.29, 1.82) is 0 Å². The third-order valence-electron chi connectivity index (χ3n) is 4.17. The van der Waals surface area contributed by atoms with E-state index in [2.05, 4.69) is 55.0 Å². The van der Waals surface area contributed by atoms with Crippen molar-refractivity contribution < 1.29 is 0 Å². The summed E-state index contributed by atoms with van der Waals surface area (Å²) < 4.78 is 0. The standard InChI is InChI=1S/C16H27N3/c1-16(2,13-17)9-6-10-19-12-11-18(3)14-7-4-5-8-15(14)19/h4-5,7-8H,6,9-13,17H2,1-3H3. The molecule has 2 N–H and O–H groups in total. The van der Waals surface area contributed by atoms with Crippen molar-refractivity contribution in [2.45, 2.75) is 26.7 Å². The lowest BCUT2D eigenvalue weighted by Crippen LogP contribution is -2.40. The Balaban J connectivity index is 1.97. The second-order valence-electron chi connectivity index (χ2n) is 6.37. The molecule has 1 aliphatic rings. The van der Waals surface area contributed by atoms with Crippen LogP contribution in [0, 0.1) is 5.41 Å². The quantitative estimate of drug-likeness (QED) is 0.884. The molecule has 106 valence electrons. The maximum atomic E-state index is 5.80. The molecule has 0 spiro atoms. The molecule has 0 radical (unpaired) electrons. The minimum atomic E-state index is 0.270. The Bertz CT molecular complexity index is 414. The third-order valence-corrected chi connectivity index (χ3v) is 4.17. The number of nitrogens with zero attached hydrogens (tertiary/aromatic N) is 2. The summed E-state index contributed by atoms with van der Waals surface area (Å²) >= 11 is 0. The zero-order valence-electron chi connectivity index (χ0n) is 12.5. The lowest BCUT2D eigenvalue weighted by atomic mass is 9.88. The molecular weight excluding hydrogens is 234 g/mol. The van der Waals surface area contributed by atoms with Crippen molar-refractivity contribution in [3.05, 3.63) is 24.3 Å². The van der Waals surface area contributed by atoms with E-state index in [9.17, 15) is 0 Å². The first-order chi connectivity index (χ1) is 9.03. The van der Waals surface area contributed by atoms with Crippen LogP contribution in [0.4, 0.5) is 11.4 Å². The van der Waals surface area contributed by atoms with E-state index in [1.807, 2.05) is 0 Å². The summed E-state index contributed by atoms with van der Waals surface area (Å²) in [4.78, 5) is 4.86. The van der Waals surface area contributed by atoms with E-state index in [1.54, 1.807) is 0 Å². The van der Waals surface area contributed by atoms with Crippen molar-refractivity contribution >= 4 is 11.4 Å². The first kappa shape index (κ1) is 14.2. The number of hydrogen-bond acceptors (Lipinski definition) is 3. The molecule has 0 amide bonds. The van der Waals surface area contributed by atoms with Crippen molar-refractivity contribution in [3.63, 3.8) is 0 Å². The number of anilines is 2. The lowest BCUT2D eigenvalue weighted by Gasteiger charge is -2.37. The fraction of sp³-hybridized carbons (Fsp3) is 0.625. The van der Waals surface area contributed by atoms with Crippen molar-refractivity contribution in [3.8, 4) is 0 Å². The fourth-order valence-electron chi connectivity index (χ4n) is 2.65. The molecule has 0 unspecified atom stereocenters. The predicted molar refractivity (Wildman–Crippen MR) is 84.0 cm³/mol. The van der Waals surface area contributed by atoms with Crippen LogP contribution in [0.3, 0.4) is 0 Å². The van der Waals surface area contributed by atoms with Gasteiger partial charge in [0.1, 0.15) is 0 Å². The highest BCUT2D eigenvalue weighted by Gasteiger charge is 2.20.